The van der Waals surface area contributed by atoms with Gasteiger partial charge in [0.25, 0.3) is 0 Å². The van der Waals surface area contributed by atoms with E-state index in [0.717, 1.165) is 30.6 Å². The Morgan fingerprint density at radius 3 is 2.92 bits per heavy atom. The monoisotopic (exact) mass is 346 g/mol. The van der Waals surface area contributed by atoms with Crippen LogP contribution < -0.4 is 0 Å². The molecule has 1 aromatic carbocycles. The van der Waals surface area contributed by atoms with E-state index in [1.165, 1.54) is 4.90 Å². The highest BCUT2D eigenvalue weighted by Gasteiger charge is 2.36. The molecule has 0 spiro atoms. The number of ether oxygens (including phenoxy) is 2. The lowest BCUT2D eigenvalue weighted by molar-refractivity contribution is -0.0867. The summed E-state index contributed by atoms with van der Waals surface area (Å²) in [5.41, 5.74) is 2.73. The zero-order valence-electron chi connectivity index (χ0n) is 14.2. The maximum atomic E-state index is 11.9. The number of fused-ring (bicyclic) bond motifs is 2. The number of piperazine rings is 1. The smallest absolute Gasteiger partial charge is 0.407 e. The van der Waals surface area contributed by atoms with Gasteiger partial charge in [-0.2, -0.15) is 0 Å². The SMILES string of the molecule is C[C@H]1Cc2cc([C@@H]3CN4CCN(C(=O)O)C[C@@H]4CO3)ccc2C(=O)O1. The molecule has 7 nitrogen and oxygen atoms in total. The van der Waals surface area contributed by atoms with E-state index in [1.807, 2.05) is 19.1 Å². The first kappa shape index (κ1) is 16.4. The van der Waals surface area contributed by atoms with Crippen LogP contribution in [-0.4, -0.2) is 71.9 Å². The fourth-order valence-corrected chi connectivity index (χ4v) is 3.94. The molecule has 3 aliphatic heterocycles. The average molecular weight is 346 g/mol. The van der Waals surface area contributed by atoms with E-state index in [0.29, 0.717) is 25.3 Å². The van der Waals surface area contributed by atoms with Crippen molar-refractivity contribution in [2.24, 2.45) is 0 Å². The molecule has 0 saturated carbocycles. The number of amides is 1. The molecule has 1 amide bonds. The fourth-order valence-electron chi connectivity index (χ4n) is 3.94. The third kappa shape index (κ3) is 3.09. The standard InChI is InChI=1S/C18H22N2O5/c1-11-6-13-7-12(2-3-15(13)17(21)25-11)16-9-19-4-5-20(18(22)23)8-14(19)10-24-16/h2-3,7,11,14,16H,4-6,8-10H2,1H3,(H,22,23)/t11-,14+,16-/m0/s1. The molecule has 4 rings (SSSR count). The van der Waals surface area contributed by atoms with Gasteiger partial charge in [0.1, 0.15) is 6.10 Å². The summed E-state index contributed by atoms with van der Waals surface area (Å²) in [6.07, 6.45) is -0.290. The van der Waals surface area contributed by atoms with Crippen LogP contribution in [0.25, 0.3) is 0 Å². The maximum Gasteiger partial charge on any atom is 0.407 e. The van der Waals surface area contributed by atoms with Crippen molar-refractivity contribution >= 4 is 12.1 Å². The number of rotatable bonds is 1. The molecule has 3 atom stereocenters. The van der Waals surface area contributed by atoms with E-state index >= 15 is 0 Å². The van der Waals surface area contributed by atoms with Gasteiger partial charge in [0, 0.05) is 32.6 Å². The quantitative estimate of drug-likeness (QED) is 0.777. The van der Waals surface area contributed by atoms with Gasteiger partial charge in [-0.25, -0.2) is 9.59 Å². The van der Waals surface area contributed by atoms with Crippen molar-refractivity contribution < 1.29 is 24.2 Å². The Labute approximate surface area is 146 Å². The third-order valence-electron chi connectivity index (χ3n) is 5.30. The lowest BCUT2D eigenvalue weighted by Crippen LogP contribution is -2.59. The molecule has 2 fully saturated rings. The number of cyclic esters (lactones) is 1. The van der Waals surface area contributed by atoms with Crippen LogP contribution in [0.15, 0.2) is 18.2 Å². The van der Waals surface area contributed by atoms with Gasteiger partial charge in [-0.05, 0) is 24.1 Å². The highest BCUT2D eigenvalue weighted by molar-refractivity contribution is 5.92. The predicted octanol–water partition coefficient (Wildman–Crippen LogP) is 1.52. The number of hydrogen-bond acceptors (Lipinski definition) is 5. The van der Waals surface area contributed by atoms with E-state index in [9.17, 15) is 9.59 Å². The molecule has 25 heavy (non-hydrogen) atoms. The molecular formula is C18H22N2O5. The third-order valence-corrected chi connectivity index (χ3v) is 5.30. The van der Waals surface area contributed by atoms with Crippen LogP contribution in [0.3, 0.4) is 0 Å². The van der Waals surface area contributed by atoms with Crippen molar-refractivity contribution in [2.45, 2.75) is 31.6 Å². The molecule has 0 unspecified atom stereocenters. The highest BCUT2D eigenvalue weighted by Crippen LogP contribution is 2.30. The molecular weight excluding hydrogens is 324 g/mol. The van der Waals surface area contributed by atoms with Crippen LogP contribution in [0, 0.1) is 0 Å². The minimum absolute atomic E-state index is 0.0498. The summed E-state index contributed by atoms with van der Waals surface area (Å²) in [4.78, 5) is 26.8. The number of esters is 1. The van der Waals surface area contributed by atoms with E-state index in [4.69, 9.17) is 14.6 Å². The topological polar surface area (TPSA) is 79.3 Å². The van der Waals surface area contributed by atoms with Gasteiger partial charge in [-0.3, -0.25) is 4.90 Å². The number of morpholine rings is 1. The van der Waals surface area contributed by atoms with Gasteiger partial charge in [-0.1, -0.05) is 12.1 Å². The zero-order valence-corrected chi connectivity index (χ0v) is 14.2. The molecule has 1 aromatic rings. The zero-order chi connectivity index (χ0) is 17.6. The van der Waals surface area contributed by atoms with Gasteiger partial charge in [-0.15, -0.1) is 0 Å². The van der Waals surface area contributed by atoms with E-state index in [1.54, 1.807) is 0 Å². The Hall–Kier alpha value is -2.12. The lowest BCUT2D eigenvalue weighted by atomic mass is 9.94. The van der Waals surface area contributed by atoms with Crippen LogP contribution >= 0.6 is 0 Å². The first-order valence-electron chi connectivity index (χ1n) is 8.68. The molecule has 0 bridgehead atoms. The van der Waals surface area contributed by atoms with Crippen molar-refractivity contribution in [3.05, 3.63) is 34.9 Å². The first-order valence-corrected chi connectivity index (χ1v) is 8.68. The largest absolute Gasteiger partial charge is 0.465 e. The van der Waals surface area contributed by atoms with Crippen LogP contribution in [0.4, 0.5) is 4.79 Å². The number of carboxylic acid groups (broad SMARTS) is 1. The second-order valence-electron chi connectivity index (χ2n) is 7.04. The fraction of sp³-hybridized carbons (Fsp3) is 0.556. The van der Waals surface area contributed by atoms with Gasteiger partial charge in [0.05, 0.1) is 24.3 Å². The summed E-state index contributed by atoms with van der Waals surface area (Å²) in [5.74, 6) is -0.255. The Kier molecular flexibility index (Phi) is 4.13. The van der Waals surface area contributed by atoms with E-state index in [-0.39, 0.29) is 24.2 Å². The summed E-state index contributed by atoms with van der Waals surface area (Å²) in [7, 11) is 0. The Morgan fingerprint density at radius 1 is 1.28 bits per heavy atom. The Bertz CT molecular complexity index is 707. The van der Waals surface area contributed by atoms with Gasteiger partial charge in [0.15, 0.2) is 0 Å². The van der Waals surface area contributed by atoms with Gasteiger partial charge >= 0.3 is 12.1 Å². The maximum absolute atomic E-state index is 11.9. The van der Waals surface area contributed by atoms with Crippen molar-refractivity contribution in [1.29, 1.82) is 0 Å². The number of hydrogen-bond donors (Lipinski definition) is 1. The second kappa shape index (κ2) is 6.31. The Balaban J connectivity index is 1.48. The van der Waals surface area contributed by atoms with Gasteiger partial charge in [0.2, 0.25) is 0 Å². The van der Waals surface area contributed by atoms with Gasteiger partial charge < -0.3 is 19.5 Å². The molecule has 7 heteroatoms. The molecule has 2 saturated heterocycles. The molecule has 3 aliphatic rings. The normalized spacial score (nSPS) is 29.6. The Morgan fingerprint density at radius 2 is 2.12 bits per heavy atom. The van der Waals surface area contributed by atoms with Crippen molar-refractivity contribution in [1.82, 2.24) is 9.80 Å². The highest BCUT2D eigenvalue weighted by atomic mass is 16.5. The molecule has 3 heterocycles. The molecule has 1 N–H and O–H groups in total. The summed E-state index contributed by atoms with van der Waals surface area (Å²) >= 11 is 0. The lowest BCUT2D eigenvalue weighted by Gasteiger charge is -2.45. The van der Waals surface area contributed by atoms with E-state index in [2.05, 4.69) is 11.0 Å². The second-order valence-corrected chi connectivity index (χ2v) is 7.04. The average Bonchev–Trinajstić information content (AvgIpc) is 2.60. The molecule has 0 aromatic heterocycles. The van der Waals surface area contributed by atoms with E-state index < -0.39 is 6.09 Å². The van der Waals surface area contributed by atoms with Crippen LogP contribution in [-0.2, 0) is 15.9 Å². The minimum atomic E-state index is -0.863. The number of carbonyl (C=O) groups is 2. The first-order chi connectivity index (χ1) is 12.0. The number of nitrogens with zero attached hydrogens (tertiary/aromatic N) is 2. The van der Waals surface area contributed by atoms with Crippen molar-refractivity contribution in [2.75, 3.05) is 32.8 Å². The molecule has 0 radical (unpaired) electrons. The minimum Gasteiger partial charge on any atom is -0.465 e. The number of carbonyl (C=O) groups excluding carboxylic acids is 1. The summed E-state index contributed by atoms with van der Waals surface area (Å²) in [6.45, 7) is 4.92. The predicted molar refractivity (Wildman–Crippen MR) is 88.7 cm³/mol. The van der Waals surface area contributed by atoms with Crippen molar-refractivity contribution in [3.8, 4) is 0 Å². The van der Waals surface area contributed by atoms with Crippen molar-refractivity contribution in [3.63, 3.8) is 0 Å². The van der Waals surface area contributed by atoms with Crippen LogP contribution in [0.2, 0.25) is 0 Å². The summed E-state index contributed by atoms with van der Waals surface area (Å²) < 4.78 is 11.3. The summed E-state index contributed by atoms with van der Waals surface area (Å²) in [6, 6.07) is 5.95. The van der Waals surface area contributed by atoms with Crippen LogP contribution in [0.1, 0.15) is 34.5 Å². The number of benzene rings is 1. The molecule has 134 valence electrons. The molecule has 0 aliphatic carbocycles. The van der Waals surface area contributed by atoms with Crippen LogP contribution in [0.5, 0.6) is 0 Å². The summed E-state index contributed by atoms with van der Waals surface area (Å²) in [5, 5.41) is 9.14.